The van der Waals surface area contributed by atoms with Gasteiger partial charge in [-0.1, -0.05) is 48.5 Å². The van der Waals surface area contributed by atoms with Crippen LogP contribution < -0.4 is 10.6 Å². The van der Waals surface area contributed by atoms with Crippen LogP contribution in [0.2, 0.25) is 0 Å². The van der Waals surface area contributed by atoms with Crippen molar-refractivity contribution < 1.29 is 9.59 Å². The largest absolute Gasteiger partial charge is 0.354 e. The number of hydrogen-bond donors (Lipinski definition) is 2. The number of carbonyl (C=O) groups is 2. The molecule has 3 aromatic carbocycles. The van der Waals surface area contributed by atoms with E-state index in [0.717, 1.165) is 40.7 Å². The third-order valence-corrected chi connectivity index (χ3v) is 7.08. The number of amides is 2. The summed E-state index contributed by atoms with van der Waals surface area (Å²) in [5.74, 6) is 0.398. The molecule has 0 atom stereocenters. The molecule has 0 aliphatic heterocycles. The van der Waals surface area contributed by atoms with Gasteiger partial charge in [-0.2, -0.15) is 0 Å². The molecule has 1 fully saturated rings. The van der Waals surface area contributed by atoms with Crippen molar-refractivity contribution in [3.8, 4) is 11.1 Å². The summed E-state index contributed by atoms with van der Waals surface area (Å²) in [5, 5.41) is 6.86. The summed E-state index contributed by atoms with van der Waals surface area (Å²) in [7, 11) is 5.77. The maximum atomic E-state index is 12.8. The topological polar surface area (TPSA) is 66.4 Å². The van der Waals surface area contributed by atoms with Crippen LogP contribution in [0.25, 0.3) is 22.0 Å². The Morgan fingerprint density at radius 1 is 0.946 bits per heavy atom. The van der Waals surface area contributed by atoms with Crippen molar-refractivity contribution in [2.45, 2.75) is 31.8 Å². The number of fused-ring (bicyclic) bond motifs is 1. The molecule has 190 valence electrons. The molecule has 0 bridgehead atoms. The smallest absolute Gasteiger partial charge is 0.267 e. The fraction of sp³-hybridized carbons (Fsp3) is 0.290. The van der Waals surface area contributed by atoms with Crippen LogP contribution in [0.5, 0.6) is 0 Å². The molecule has 0 radical (unpaired) electrons. The molecule has 1 heterocycles. The van der Waals surface area contributed by atoms with E-state index in [2.05, 4.69) is 32.2 Å². The van der Waals surface area contributed by atoms with Crippen molar-refractivity contribution in [1.82, 2.24) is 20.1 Å². The average Bonchev–Trinajstić information content (AvgIpc) is 3.71. The van der Waals surface area contributed by atoms with Crippen LogP contribution in [0.15, 0.2) is 72.8 Å². The van der Waals surface area contributed by atoms with E-state index in [1.54, 1.807) is 7.05 Å². The number of rotatable bonds is 9. The predicted molar refractivity (Wildman–Crippen MR) is 149 cm³/mol. The molecule has 2 N–H and O–H groups in total. The molecule has 1 aliphatic carbocycles. The van der Waals surface area contributed by atoms with Crippen molar-refractivity contribution in [3.05, 3.63) is 95.2 Å². The van der Waals surface area contributed by atoms with Gasteiger partial charge in [0.25, 0.3) is 11.8 Å². The van der Waals surface area contributed by atoms with Crippen molar-refractivity contribution in [2.75, 3.05) is 27.7 Å². The van der Waals surface area contributed by atoms with Gasteiger partial charge >= 0.3 is 0 Å². The lowest BCUT2D eigenvalue weighted by Crippen LogP contribution is -2.25. The van der Waals surface area contributed by atoms with Gasteiger partial charge in [0.2, 0.25) is 0 Å². The molecule has 5 rings (SSSR count). The Kier molecular flexibility index (Phi) is 7.10. The zero-order valence-electron chi connectivity index (χ0n) is 21.8. The highest BCUT2D eigenvalue weighted by Crippen LogP contribution is 2.44. The molecule has 0 saturated heterocycles. The number of aromatic nitrogens is 1. The number of nitrogens with one attached hydrogen (secondary N) is 2. The van der Waals surface area contributed by atoms with Gasteiger partial charge in [0.15, 0.2) is 0 Å². The molecule has 0 spiro atoms. The Morgan fingerprint density at radius 3 is 2.32 bits per heavy atom. The van der Waals surface area contributed by atoms with Crippen molar-refractivity contribution >= 4 is 22.7 Å². The summed E-state index contributed by atoms with van der Waals surface area (Å²) in [6.45, 7) is 2.06. The summed E-state index contributed by atoms with van der Waals surface area (Å²) in [5.41, 5.74) is 6.92. The number of benzene rings is 3. The van der Waals surface area contributed by atoms with Crippen molar-refractivity contribution in [1.29, 1.82) is 0 Å². The van der Waals surface area contributed by atoms with E-state index in [1.165, 1.54) is 18.4 Å². The Morgan fingerprint density at radius 2 is 1.68 bits per heavy atom. The highest BCUT2D eigenvalue weighted by atomic mass is 16.2. The van der Waals surface area contributed by atoms with Gasteiger partial charge in [-0.25, -0.2) is 0 Å². The summed E-state index contributed by atoms with van der Waals surface area (Å²) in [6, 6.07) is 24.2. The van der Waals surface area contributed by atoms with Gasteiger partial charge in [0.05, 0.1) is 0 Å². The van der Waals surface area contributed by atoms with Crippen LogP contribution in [0.1, 0.15) is 50.7 Å². The first-order chi connectivity index (χ1) is 17.9. The van der Waals surface area contributed by atoms with Crippen LogP contribution in [0, 0.1) is 0 Å². The third-order valence-electron chi connectivity index (χ3n) is 7.08. The normalized spacial score (nSPS) is 13.2. The molecule has 1 aliphatic rings. The first-order valence-electron chi connectivity index (χ1n) is 12.9. The summed E-state index contributed by atoms with van der Waals surface area (Å²) in [6.07, 6.45) is 2.40. The average molecular weight is 495 g/mol. The van der Waals surface area contributed by atoms with Gasteiger partial charge < -0.3 is 20.1 Å². The highest BCUT2D eigenvalue weighted by molar-refractivity contribution is 6.04. The molecule has 6 nitrogen and oxygen atoms in total. The van der Waals surface area contributed by atoms with Gasteiger partial charge in [0, 0.05) is 43.1 Å². The number of likely N-dealkylation sites (N-methyl/N-ethyl adjacent to an activating group) is 1. The molecule has 4 aromatic rings. The molecular formula is C31H34N4O2. The predicted octanol–water partition coefficient (Wildman–Crippen LogP) is 5.04. The van der Waals surface area contributed by atoms with Crippen LogP contribution >= 0.6 is 0 Å². The van der Waals surface area contributed by atoms with E-state index >= 15 is 0 Å². The SMILES string of the molecule is CNC(=O)c1cc2c(-c3ccc(C(=O)NCc4ccccc4)cc3)cc(C3CC3)cc2n1CCN(C)C. The minimum atomic E-state index is -0.0935. The molecular weight excluding hydrogens is 460 g/mol. The minimum absolute atomic E-state index is 0.0840. The van der Waals surface area contributed by atoms with Gasteiger partial charge in [-0.05, 0) is 79.4 Å². The number of nitrogens with zero attached hydrogens (tertiary/aromatic N) is 2. The second-order valence-electron chi connectivity index (χ2n) is 10.1. The Labute approximate surface area is 218 Å². The number of hydrogen-bond acceptors (Lipinski definition) is 3. The fourth-order valence-electron chi connectivity index (χ4n) is 4.81. The molecule has 2 amide bonds. The Bertz CT molecular complexity index is 1420. The lowest BCUT2D eigenvalue weighted by atomic mass is 9.96. The second kappa shape index (κ2) is 10.6. The molecule has 6 heteroatoms. The van der Waals surface area contributed by atoms with Crippen molar-refractivity contribution in [3.63, 3.8) is 0 Å². The monoisotopic (exact) mass is 494 g/mol. The van der Waals surface area contributed by atoms with Crippen LogP contribution in [-0.2, 0) is 13.1 Å². The highest BCUT2D eigenvalue weighted by Gasteiger charge is 2.26. The van der Waals surface area contributed by atoms with E-state index < -0.39 is 0 Å². The zero-order chi connectivity index (χ0) is 25.9. The van der Waals surface area contributed by atoms with Crippen molar-refractivity contribution in [2.24, 2.45) is 0 Å². The van der Waals surface area contributed by atoms with Crippen LogP contribution in [-0.4, -0.2) is 49.0 Å². The van der Waals surface area contributed by atoms with Crippen LogP contribution in [0.4, 0.5) is 0 Å². The van der Waals surface area contributed by atoms with E-state index in [0.29, 0.717) is 23.7 Å². The van der Waals surface area contributed by atoms with Gasteiger partial charge in [-0.15, -0.1) is 0 Å². The lowest BCUT2D eigenvalue weighted by Gasteiger charge is -2.15. The summed E-state index contributed by atoms with van der Waals surface area (Å²) >= 11 is 0. The quantitative estimate of drug-likeness (QED) is 0.343. The van der Waals surface area contributed by atoms with E-state index in [9.17, 15) is 9.59 Å². The van der Waals surface area contributed by atoms with E-state index in [4.69, 9.17) is 0 Å². The minimum Gasteiger partial charge on any atom is -0.354 e. The fourth-order valence-corrected chi connectivity index (χ4v) is 4.81. The third kappa shape index (κ3) is 5.44. The zero-order valence-corrected chi connectivity index (χ0v) is 21.8. The maximum absolute atomic E-state index is 12.8. The lowest BCUT2D eigenvalue weighted by molar-refractivity contribution is 0.0944. The summed E-state index contributed by atoms with van der Waals surface area (Å²) < 4.78 is 2.15. The molecule has 0 unspecified atom stereocenters. The first kappa shape index (κ1) is 24.8. The van der Waals surface area contributed by atoms with Gasteiger partial charge in [0.1, 0.15) is 5.69 Å². The number of carbonyl (C=O) groups excluding carboxylic acids is 2. The molecule has 37 heavy (non-hydrogen) atoms. The maximum Gasteiger partial charge on any atom is 0.267 e. The second-order valence-corrected chi connectivity index (χ2v) is 10.1. The first-order valence-corrected chi connectivity index (χ1v) is 12.9. The summed E-state index contributed by atoms with van der Waals surface area (Å²) in [4.78, 5) is 27.7. The Hall–Kier alpha value is -3.90. The molecule has 1 aromatic heterocycles. The van der Waals surface area contributed by atoms with E-state index in [-0.39, 0.29) is 11.8 Å². The van der Waals surface area contributed by atoms with E-state index in [1.807, 2.05) is 74.8 Å². The Balaban J connectivity index is 1.50. The van der Waals surface area contributed by atoms with Crippen LogP contribution in [0.3, 0.4) is 0 Å². The molecule has 1 saturated carbocycles. The van der Waals surface area contributed by atoms with Gasteiger partial charge in [-0.3, -0.25) is 9.59 Å². The standard InChI is InChI=1S/C31H34N4O2/c1-32-31(37)29-19-27-26(17-25(22-9-10-22)18-28(27)35(29)16-15-34(2)3)23-11-13-24(14-12-23)30(36)33-20-21-7-5-4-6-8-21/h4-8,11-14,17-19,22H,9-10,15-16,20H2,1-3H3,(H,32,37)(H,33,36).